The van der Waals surface area contributed by atoms with Crippen molar-refractivity contribution in [1.82, 2.24) is 15.6 Å². The van der Waals surface area contributed by atoms with Crippen LogP contribution in [0.4, 0.5) is 0 Å². The van der Waals surface area contributed by atoms with E-state index in [0.29, 0.717) is 12.5 Å². The zero-order chi connectivity index (χ0) is 17.7. The van der Waals surface area contributed by atoms with Crippen molar-refractivity contribution >= 4 is 17.3 Å². The summed E-state index contributed by atoms with van der Waals surface area (Å²) in [5.74, 6) is 1.52. The van der Waals surface area contributed by atoms with Crippen LogP contribution < -0.4 is 10.6 Å². The Morgan fingerprint density at radius 3 is 2.92 bits per heavy atom. The molecule has 1 aliphatic rings. The minimum Gasteiger partial charge on any atom is -0.381 e. The highest BCUT2D eigenvalue weighted by Gasteiger charge is 2.13. The molecule has 0 aromatic carbocycles. The Morgan fingerprint density at radius 1 is 1.36 bits per heavy atom. The minimum atomic E-state index is 0.617. The standard InChI is InChI=1S/C18H32N4O2S/c1-3-17-22-16(14-25-17)12-21-18(19-4-2)20-8-5-9-24-13-15-6-10-23-11-7-15/h14-15H,3-13H2,1-2H3,(H2,19,20,21). The summed E-state index contributed by atoms with van der Waals surface area (Å²) in [5.41, 5.74) is 1.04. The van der Waals surface area contributed by atoms with Gasteiger partial charge in [-0.2, -0.15) is 0 Å². The normalized spacial score (nSPS) is 16.2. The first-order chi connectivity index (χ1) is 12.3. The van der Waals surface area contributed by atoms with Gasteiger partial charge in [0, 0.05) is 44.9 Å². The van der Waals surface area contributed by atoms with Gasteiger partial charge in [-0.1, -0.05) is 6.92 Å². The molecule has 0 saturated carbocycles. The lowest BCUT2D eigenvalue weighted by molar-refractivity contribution is 0.0203. The van der Waals surface area contributed by atoms with E-state index >= 15 is 0 Å². The molecule has 0 aliphatic carbocycles. The average molecular weight is 369 g/mol. The average Bonchev–Trinajstić information content (AvgIpc) is 3.11. The highest BCUT2D eigenvalue weighted by atomic mass is 32.1. The number of aromatic nitrogens is 1. The molecule has 0 bridgehead atoms. The second kappa shape index (κ2) is 12.2. The van der Waals surface area contributed by atoms with Gasteiger partial charge in [-0.05, 0) is 38.5 Å². The second-order valence-corrected chi connectivity index (χ2v) is 7.13. The van der Waals surface area contributed by atoms with Crippen molar-refractivity contribution in [3.8, 4) is 0 Å². The van der Waals surface area contributed by atoms with Crippen LogP contribution in [0.5, 0.6) is 0 Å². The van der Waals surface area contributed by atoms with Gasteiger partial charge >= 0.3 is 0 Å². The zero-order valence-electron chi connectivity index (χ0n) is 15.6. The number of guanidine groups is 1. The third kappa shape index (κ3) is 8.16. The van der Waals surface area contributed by atoms with Crippen molar-refractivity contribution in [3.05, 3.63) is 16.1 Å². The summed E-state index contributed by atoms with van der Waals surface area (Å²) < 4.78 is 11.2. The van der Waals surface area contributed by atoms with Crippen LogP contribution in [0.2, 0.25) is 0 Å². The van der Waals surface area contributed by atoms with Crippen molar-refractivity contribution in [2.75, 3.05) is 39.5 Å². The summed E-state index contributed by atoms with van der Waals surface area (Å²) >= 11 is 1.71. The van der Waals surface area contributed by atoms with E-state index in [1.54, 1.807) is 11.3 Å². The van der Waals surface area contributed by atoms with Gasteiger partial charge in [0.25, 0.3) is 0 Å². The molecule has 0 unspecified atom stereocenters. The van der Waals surface area contributed by atoms with Crippen molar-refractivity contribution in [2.45, 2.75) is 46.1 Å². The lowest BCUT2D eigenvalue weighted by atomic mass is 10.0. The van der Waals surface area contributed by atoms with Gasteiger partial charge in [0.05, 0.1) is 17.2 Å². The highest BCUT2D eigenvalue weighted by molar-refractivity contribution is 7.09. The number of nitrogens with zero attached hydrogens (tertiary/aromatic N) is 2. The van der Waals surface area contributed by atoms with Gasteiger partial charge in [0.15, 0.2) is 5.96 Å². The number of hydrogen-bond donors (Lipinski definition) is 2. The lowest BCUT2D eigenvalue weighted by Gasteiger charge is -2.21. The maximum absolute atomic E-state index is 5.79. The zero-order valence-corrected chi connectivity index (χ0v) is 16.4. The van der Waals surface area contributed by atoms with Crippen LogP contribution in [0.15, 0.2) is 10.4 Å². The first-order valence-corrected chi connectivity index (χ1v) is 10.3. The summed E-state index contributed by atoms with van der Waals surface area (Å²) in [6.07, 6.45) is 4.22. The molecular weight excluding hydrogens is 336 g/mol. The molecule has 0 atom stereocenters. The minimum absolute atomic E-state index is 0.617. The topological polar surface area (TPSA) is 67.8 Å². The molecule has 1 saturated heterocycles. The van der Waals surface area contributed by atoms with Crippen molar-refractivity contribution in [1.29, 1.82) is 0 Å². The van der Waals surface area contributed by atoms with Gasteiger partial charge in [-0.15, -0.1) is 11.3 Å². The maximum Gasteiger partial charge on any atom is 0.191 e. The number of aryl methyl sites for hydroxylation is 1. The largest absolute Gasteiger partial charge is 0.381 e. The Kier molecular flexibility index (Phi) is 9.84. The van der Waals surface area contributed by atoms with Gasteiger partial charge in [-0.3, -0.25) is 0 Å². The molecule has 6 nitrogen and oxygen atoms in total. The SMILES string of the molecule is CCNC(=NCc1csc(CC)n1)NCCCOCC1CCOCC1. The van der Waals surface area contributed by atoms with Crippen LogP contribution in [0.25, 0.3) is 0 Å². The summed E-state index contributed by atoms with van der Waals surface area (Å²) in [5, 5.41) is 9.91. The number of nitrogens with one attached hydrogen (secondary N) is 2. The van der Waals surface area contributed by atoms with E-state index < -0.39 is 0 Å². The third-order valence-electron chi connectivity index (χ3n) is 4.10. The Morgan fingerprint density at radius 2 is 2.20 bits per heavy atom. The maximum atomic E-state index is 5.79. The fraction of sp³-hybridized carbons (Fsp3) is 0.778. The van der Waals surface area contributed by atoms with E-state index in [4.69, 9.17) is 9.47 Å². The van der Waals surface area contributed by atoms with Gasteiger partial charge in [0.2, 0.25) is 0 Å². The Bertz CT molecular complexity index is 501. The van der Waals surface area contributed by atoms with E-state index in [1.807, 2.05) is 0 Å². The first kappa shape index (κ1) is 20.1. The Labute approximate surface area is 155 Å². The van der Waals surface area contributed by atoms with Crippen LogP contribution in [0.1, 0.15) is 43.8 Å². The molecule has 1 fully saturated rings. The molecule has 2 heterocycles. The summed E-state index contributed by atoms with van der Waals surface area (Å²) in [6.45, 7) is 9.95. The van der Waals surface area contributed by atoms with E-state index in [0.717, 1.165) is 76.9 Å². The molecule has 142 valence electrons. The fourth-order valence-corrected chi connectivity index (χ4v) is 3.37. The van der Waals surface area contributed by atoms with E-state index in [-0.39, 0.29) is 0 Å². The molecule has 0 amide bonds. The fourth-order valence-electron chi connectivity index (χ4n) is 2.63. The molecule has 7 heteroatoms. The van der Waals surface area contributed by atoms with E-state index in [1.165, 1.54) is 5.01 Å². The molecule has 0 spiro atoms. The monoisotopic (exact) mass is 368 g/mol. The number of hydrogen-bond acceptors (Lipinski definition) is 5. The van der Waals surface area contributed by atoms with E-state index in [9.17, 15) is 0 Å². The molecule has 2 N–H and O–H groups in total. The summed E-state index contributed by atoms with van der Waals surface area (Å²) in [4.78, 5) is 9.16. The number of thiazole rings is 1. The summed E-state index contributed by atoms with van der Waals surface area (Å²) in [7, 11) is 0. The van der Waals surface area contributed by atoms with Gasteiger partial charge in [-0.25, -0.2) is 9.98 Å². The highest BCUT2D eigenvalue weighted by Crippen LogP contribution is 2.14. The number of rotatable bonds is 10. The predicted octanol–water partition coefficient (Wildman–Crippen LogP) is 2.59. The Hall–Kier alpha value is -1.18. The first-order valence-electron chi connectivity index (χ1n) is 9.42. The van der Waals surface area contributed by atoms with Crippen molar-refractivity contribution in [2.24, 2.45) is 10.9 Å². The second-order valence-electron chi connectivity index (χ2n) is 6.19. The molecule has 1 aromatic rings. The number of aliphatic imine (C=N–C) groups is 1. The molecule has 25 heavy (non-hydrogen) atoms. The molecule has 2 rings (SSSR count). The Balaban J connectivity index is 1.60. The van der Waals surface area contributed by atoms with Gasteiger partial charge in [0.1, 0.15) is 0 Å². The molecule has 1 aliphatic heterocycles. The van der Waals surface area contributed by atoms with Crippen LogP contribution in [-0.2, 0) is 22.4 Å². The third-order valence-corrected chi connectivity index (χ3v) is 5.14. The van der Waals surface area contributed by atoms with Crippen LogP contribution >= 0.6 is 11.3 Å². The van der Waals surface area contributed by atoms with Crippen molar-refractivity contribution < 1.29 is 9.47 Å². The molecular formula is C18H32N4O2S. The van der Waals surface area contributed by atoms with Crippen LogP contribution in [0.3, 0.4) is 0 Å². The van der Waals surface area contributed by atoms with Crippen LogP contribution in [-0.4, -0.2) is 50.5 Å². The van der Waals surface area contributed by atoms with Gasteiger partial charge < -0.3 is 20.1 Å². The van der Waals surface area contributed by atoms with Crippen molar-refractivity contribution in [3.63, 3.8) is 0 Å². The predicted molar refractivity (Wildman–Crippen MR) is 103 cm³/mol. The van der Waals surface area contributed by atoms with Crippen LogP contribution in [0, 0.1) is 5.92 Å². The molecule has 0 radical (unpaired) electrons. The molecule has 1 aromatic heterocycles. The lowest BCUT2D eigenvalue weighted by Crippen LogP contribution is -2.38. The quantitative estimate of drug-likeness (QED) is 0.377. The smallest absolute Gasteiger partial charge is 0.191 e. The summed E-state index contributed by atoms with van der Waals surface area (Å²) in [6, 6.07) is 0. The number of ether oxygens (including phenoxy) is 2. The van der Waals surface area contributed by atoms with E-state index in [2.05, 4.69) is 39.8 Å².